The van der Waals surface area contributed by atoms with Crippen LogP contribution < -0.4 is 10.3 Å². The largest absolute Gasteiger partial charge is 0.494 e. The fourth-order valence-electron chi connectivity index (χ4n) is 2.20. The molecule has 0 fully saturated rings. The third-order valence-electron chi connectivity index (χ3n) is 3.14. The minimum Gasteiger partial charge on any atom is -0.494 e. The van der Waals surface area contributed by atoms with E-state index in [9.17, 15) is 13.6 Å². The molecule has 7 heteroatoms. The van der Waals surface area contributed by atoms with Crippen LogP contribution in [0.2, 0.25) is 0 Å². The number of alkyl halides is 2. The number of benzene rings is 1. The summed E-state index contributed by atoms with van der Waals surface area (Å²) in [6.07, 6.45) is -2.61. The van der Waals surface area contributed by atoms with Crippen molar-refractivity contribution in [1.82, 2.24) is 4.57 Å². The van der Waals surface area contributed by atoms with Gasteiger partial charge in [0.15, 0.2) is 0 Å². The molecule has 0 bridgehead atoms. The van der Waals surface area contributed by atoms with Crippen LogP contribution in [0, 0.1) is 16.6 Å². The number of nitrogens with zero attached hydrogens (tertiary/aromatic N) is 1. The maximum atomic E-state index is 12.8. The first kappa shape index (κ1) is 20.7. The van der Waals surface area contributed by atoms with Gasteiger partial charge in [-0.2, -0.15) is 12.1 Å². The van der Waals surface area contributed by atoms with Crippen LogP contribution in [0.25, 0.3) is 11.3 Å². The first-order valence-electron chi connectivity index (χ1n) is 6.77. The number of halogens is 3. The number of aryl methyl sites for hydroxylation is 1. The zero-order valence-electron chi connectivity index (χ0n) is 12.8. The number of pyridine rings is 1. The van der Waals surface area contributed by atoms with E-state index in [0.29, 0.717) is 27.2 Å². The van der Waals surface area contributed by atoms with Gasteiger partial charge in [-0.1, -0.05) is 23.7 Å². The minimum absolute atomic E-state index is 0. The number of rotatable bonds is 5. The standard InChI is InChI=1S/C16H15F2INO2.Y/c1-3-22-11-4-5-12(10(2)8-11)14-7-6-13(19)16(21)20(14)9-15(17)18;/h4-6,8,15H,3,9H2,1-2H3;/q-1;. The van der Waals surface area contributed by atoms with E-state index in [1.807, 2.05) is 42.5 Å². The van der Waals surface area contributed by atoms with E-state index in [1.54, 1.807) is 12.1 Å². The zero-order valence-corrected chi connectivity index (χ0v) is 17.8. The smallest absolute Gasteiger partial charge is 0.256 e. The predicted molar refractivity (Wildman–Crippen MR) is 89.6 cm³/mol. The molecule has 2 aromatic rings. The third kappa shape index (κ3) is 5.07. The van der Waals surface area contributed by atoms with Crippen molar-refractivity contribution in [2.75, 3.05) is 6.61 Å². The quantitative estimate of drug-likeness (QED) is 0.455. The second-order valence-corrected chi connectivity index (χ2v) is 5.86. The van der Waals surface area contributed by atoms with E-state index in [1.165, 1.54) is 6.07 Å². The van der Waals surface area contributed by atoms with E-state index in [0.717, 1.165) is 10.1 Å². The average molecular weight is 507 g/mol. The summed E-state index contributed by atoms with van der Waals surface area (Å²) in [7, 11) is 0. The van der Waals surface area contributed by atoms with Crippen molar-refractivity contribution in [3.8, 4) is 17.0 Å². The van der Waals surface area contributed by atoms with Gasteiger partial charge in [-0.3, -0.25) is 4.79 Å². The molecule has 0 unspecified atom stereocenters. The van der Waals surface area contributed by atoms with Crippen molar-refractivity contribution < 1.29 is 46.2 Å². The van der Waals surface area contributed by atoms with Crippen LogP contribution in [0.1, 0.15) is 12.5 Å². The monoisotopic (exact) mass is 507 g/mol. The van der Waals surface area contributed by atoms with Gasteiger partial charge in [0.1, 0.15) is 5.75 Å². The van der Waals surface area contributed by atoms with Crippen LogP contribution in [0.4, 0.5) is 8.78 Å². The molecule has 0 saturated heterocycles. The van der Waals surface area contributed by atoms with Crippen molar-refractivity contribution in [1.29, 1.82) is 0 Å². The van der Waals surface area contributed by atoms with E-state index in [2.05, 4.69) is 6.07 Å². The fraction of sp³-hybridized carbons (Fsp3) is 0.312. The van der Waals surface area contributed by atoms with Crippen molar-refractivity contribution in [2.24, 2.45) is 0 Å². The van der Waals surface area contributed by atoms with Crippen LogP contribution in [0.3, 0.4) is 0 Å². The number of aromatic nitrogens is 1. The van der Waals surface area contributed by atoms with Gasteiger partial charge in [-0.05, 0) is 22.6 Å². The maximum absolute atomic E-state index is 12.8. The molecular weight excluding hydrogens is 492 g/mol. The molecule has 1 radical (unpaired) electrons. The Kier molecular flexibility index (Phi) is 8.31. The van der Waals surface area contributed by atoms with Crippen LogP contribution in [0.15, 0.2) is 29.1 Å². The summed E-state index contributed by atoms with van der Waals surface area (Å²) in [5.74, 6) is 0.706. The van der Waals surface area contributed by atoms with Gasteiger partial charge in [0, 0.05) is 32.7 Å². The molecule has 0 aliphatic carbocycles. The number of ether oxygens (including phenoxy) is 1. The van der Waals surface area contributed by atoms with Gasteiger partial charge in [0.25, 0.3) is 6.43 Å². The molecule has 0 amide bonds. The van der Waals surface area contributed by atoms with Gasteiger partial charge in [-0.15, -0.1) is 28.7 Å². The van der Waals surface area contributed by atoms with E-state index < -0.39 is 18.5 Å². The molecule has 23 heavy (non-hydrogen) atoms. The molecule has 0 aliphatic rings. The fourth-order valence-corrected chi connectivity index (χ4v) is 2.64. The molecule has 1 aromatic carbocycles. The Morgan fingerprint density at radius 2 is 2.09 bits per heavy atom. The van der Waals surface area contributed by atoms with Crippen LogP contribution >= 0.6 is 22.6 Å². The Balaban J connectivity index is 0.00000264. The molecule has 2 rings (SSSR count). The molecule has 0 N–H and O–H groups in total. The number of hydrogen-bond acceptors (Lipinski definition) is 2. The third-order valence-corrected chi connectivity index (χ3v) is 3.91. The summed E-state index contributed by atoms with van der Waals surface area (Å²) < 4.78 is 32.5. The van der Waals surface area contributed by atoms with Crippen LogP contribution in [0.5, 0.6) is 5.75 Å². The first-order valence-corrected chi connectivity index (χ1v) is 7.85. The predicted octanol–water partition coefficient (Wildman–Crippen LogP) is 3.89. The van der Waals surface area contributed by atoms with Crippen LogP contribution in [-0.4, -0.2) is 17.6 Å². The van der Waals surface area contributed by atoms with Gasteiger partial charge in [-0.25, -0.2) is 8.78 Å². The Hall–Kier alpha value is -0.336. The topological polar surface area (TPSA) is 31.2 Å². The van der Waals surface area contributed by atoms with Gasteiger partial charge in [0.2, 0.25) is 5.56 Å². The van der Waals surface area contributed by atoms with Gasteiger partial charge in [0.05, 0.1) is 13.2 Å². The molecule has 3 nitrogen and oxygen atoms in total. The molecule has 0 saturated carbocycles. The van der Waals surface area contributed by atoms with Crippen molar-refractivity contribution >= 4 is 22.6 Å². The van der Waals surface area contributed by atoms with Crippen LogP contribution in [-0.2, 0) is 39.3 Å². The minimum atomic E-state index is -2.61. The molecule has 1 aromatic heterocycles. The Labute approximate surface area is 172 Å². The second-order valence-electron chi connectivity index (χ2n) is 4.70. The average Bonchev–Trinajstić information content (AvgIpc) is 2.45. The van der Waals surface area contributed by atoms with Gasteiger partial charge >= 0.3 is 0 Å². The van der Waals surface area contributed by atoms with E-state index in [-0.39, 0.29) is 32.7 Å². The van der Waals surface area contributed by atoms with Crippen molar-refractivity contribution in [3.05, 3.63) is 49.8 Å². The Morgan fingerprint density at radius 3 is 2.65 bits per heavy atom. The first-order chi connectivity index (χ1) is 10.4. The molecule has 0 atom stereocenters. The molecular formula is C16H15F2INO2Y-. The van der Waals surface area contributed by atoms with Crippen molar-refractivity contribution in [3.63, 3.8) is 0 Å². The van der Waals surface area contributed by atoms with E-state index in [4.69, 9.17) is 4.74 Å². The summed E-state index contributed by atoms with van der Waals surface area (Å²) in [4.78, 5) is 12.2. The molecule has 0 aliphatic heterocycles. The van der Waals surface area contributed by atoms with E-state index >= 15 is 0 Å². The normalized spacial score (nSPS) is 10.5. The number of hydrogen-bond donors (Lipinski definition) is 0. The summed E-state index contributed by atoms with van der Waals surface area (Å²) in [6.45, 7) is 3.63. The summed E-state index contributed by atoms with van der Waals surface area (Å²) >= 11 is 1.83. The molecule has 0 spiro atoms. The summed E-state index contributed by atoms with van der Waals surface area (Å²) in [5.41, 5.74) is 1.47. The Morgan fingerprint density at radius 1 is 1.39 bits per heavy atom. The zero-order chi connectivity index (χ0) is 16.3. The Bertz CT molecular complexity index is 735. The molecule has 1 heterocycles. The summed E-state index contributed by atoms with van der Waals surface area (Å²) in [5, 5.41) is 0. The van der Waals surface area contributed by atoms with Crippen molar-refractivity contribution in [2.45, 2.75) is 26.8 Å². The second kappa shape index (κ2) is 9.23. The molecule has 121 valence electrons. The maximum Gasteiger partial charge on any atom is 0.256 e. The van der Waals surface area contributed by atoms with Gasteiger partial charge < -0.3 is 9.30 Å². The SMILES string of the molecule is CCOc1ccc(-c2[c-]cc(I)c(=O)n2CC(F)F)c(C)c1.[Y]. The summed E-state index contributed by atoms with van der Waals surface area (Å²) in [6, 6.07) is 9.81.